The van der Waals surface area contributed by atoms with E-state index in [0.29, 0.717) is 27.5 Å². The number of nitrogens with one attached hydrogen (secondary N) is 1. The SMILES string of the molecule is CCOC(=O)c1cc(C)n(CC(=O)O[C@@H](C)C(=O)Nc2sccc2C#N)c1C. The van der Waals surface area contributed by atoms with Crippen molar-refractivity contribution in [2.24, 2.45) is 0 Å². The van der Waals surface area contributed by atoms with Gasteiger partial charge in [0.1, 0.15) is 17.6 Å². The highest BCUT2D eigenvalue weighted by atomic mass is 32.1. The first-order chi connectivity index (χ1) is 13.3. The van der Waals surface area contributed by atoms with Crippen LogP contribution in [0.1, 0.15) is 41.2 Å². The molecular weight excluding hydrogens is 382 g/mol. The van der Waals surface area contributed by atoms with Crippen molar-refractivity contribution in [2.75, 3.05) is 11.9 Å². The van der Waals surface area contributed by atoms with E-state index in [1.54, 1.807) is 42.9 Å². The average Bonchev–Trinajstić information content (AvgIpc) is 3.20. The van der Waals surface area contributed by atoms with Gasteiger partial charge in [-0.3, -0.25) is 9.59 Å². The fraction of sp³-hybridized carbons (Fsp3) is 0.368. The van der Waals surface area contributed by atoms with Crippen LogP contribution in [0.4, 0.5) is 5.00 Å². The molecule has 0 saturated carbocycles. The van der Waals surface area contributed by atoms with Gasteiger partial charge in [0, 0.05) is 11.4 Å². The monoisotopic (exact) mass is 403 g/mol. The van der Waals surface area contributed by atoms with Crippen molar-refractivity contribution < 1.29 is 23.9 Å². The molecule has 0 saturated heterocycles. The zero-order valence-electron chi connectivity index (χ0n) is 16.1. The van der Waals surface area contributed by atoms with Crippen molar-refractivity contribution in [1.82, 2.24) is 4.57 Å². The Morgan fingerprint density at radius 2 is 2.07 bits per heavy atom. The lowest BCUT2D eigenvalue weighted by Crippen LogP contribution is -2.31. The van der Waals surface area contributed by atoms with Gasteiger partial charge in [-0.05, 0) is 45.2 Å². The van der Waals surface area contributed by atoms with Crippen LogP contribution in [0.15, 0.2) is 17.5 Å². The number of aryl methyl sites for hydroxylation is 1. The summed E-state index contributed by atoms with van der Waals surface area (Å²) in [5.41, 5.74) is 2.02. The third kappa shape index (κ3) is 4.78. The molecule has 8 nitrogen and oxygen atoms in total. The summed E-state index contributed by atoms with van der Waals surface area (Å²) in [5, 5.41) is 13.7. The van der Waals surface area contributed by atoms with Crippen LogP contribution in [-0.2, 0) is 25.6 Å². The Kier molecular flexibility index (Phi) is 6.95. The van der Waals surface area contributed by atoms with Crippen molar-refractivity contribution in [3.63, 3.8) is 0 Å². The number of amides is 1. The Bertz CT molecular complexity index is 938. The molecule has 1 amide bonds. The third-order valence-electron chi connectivity index (χ3n) is 4.06. The predicted molar refractivity (Wildman–Crippen MR) is 103 cm³/mol. The van der Waals surface area contributed by atoms with Crippen molar-refractivity contribution in [3.8, 4) is 6.07 Å². The van der Waals surface area contributed by atoms with E-state index in [1.807, 2.05) is 6.07 Å². The third-order valence-corrected chi connectivity index (χ3v) is 4.89. The Morgan fingerprint density at radius 3 is 2.71 bits per heavy atom. The molecule has 0 aliphatic heterocycles. The maximum absolute atomic E-state index is 12.3. The molecule has 148 valence electrons. The van der Waals surface area contributed by atoms with Crippen molar-refractivity contribution in [3.05, 3.63) is 40.0 Å². The molecule has 9 heteroatoms. The molecule has 0 aliphatic rings. The van der Waals surface area contributed by atoms with Gasteiger partial charge >= 0.3 is 11.9 Å². The Morgan fingerprint density at radius 1 is 1.36 bits per heavy atom. The van der Waals surface area contributed by atoms with Crippen LogP contribution in [0, 0.1) is 25.2 Å². The fourth-order valence-corrected chi connectivity index (χ4v) is 3.33. The molecule has 0 spiro atoms. The van der Waals surface area contributed by atoms with Crippen LogP contribution in [-0.4, -0.2) is 35.1 Å². The molecule has 0 bridgehead atoms. The zero-order valence-corrected chi connectivity index (χ0v) is 16.9. The fourth-order valence-electron chi connectivity index (χ4n) is 2.58. The summed E-state index contributed by atoms with van der Waals surface area (Å²) < 4.78 is 11.8. The summed E-state index contributed by atoms with van der Waals surface area (Å²) in [5.74, 6) is -1.60. The minimum Gasteiger partial charge on any atom is -0.462 e. The highest BCUT2D eigenvalue weighted by Crippen LogP contribution is 2.22. The van der Waals surface area contributed by atoms with E-state index in [9.17, 15) is 14.4 Å². The van der Waals surface area contributed by atoms with Crippen molar-refractivity contribution in [1.29, 1.82) is 5.26 Å². The van der Waals surface area contributed by atoms with Gasteiger partial charge in [0.15, 0.2) is 6.10 Å². The van der Waals surface area contributed by atoms with Gasteiger partial charge in [-0.25, -0.2) is 4.79 Å². The van der Waals surface area contributed by atoms with Gasteiger partial charge in [-0.15, -0.1) is 11.3 Å². The van der Waals surface area contributed by atoms with E-state index in [2.05, 4.69) is 5.32 Å². The van der Waals surface area contributed by atoms with Crippen LogP contribution in [0.5, 0.6) is 0 Å². The second-order valence-corrected chi connectivity index (χ2v) is 6.90. The van der Waals surface area contributed by atoms with Gasteiger partial charge in [-0.1, -0.05) is 0 Å². The lowest BCUT2D eigenvalue weighted by Gasteiger charge is -2.15. The van der Waals surface area contributed by atoms with Gasteiger partial charge in [-0.2, -0.15) is 5.26 Å². The summed E-state index contributed by atoms with van der Waals surface area (Å²) >= 11 is 1.21. The maximum atomic E-state index is 12.3. The largest absolute Gasteiger partial charge is 0.462 e. The first kappa shape index (κ1) is 21.2. The first-order valence-corrected chi connectivity index (χ1v) is 9.48. The van der Waals surface area contributed by atoms with E-state index in [4.69, 9.17) is 14.7 Å². The number of carbonyl (C=O) groups excluding carboxylic acids is 3. The van der Waals surface area contributed by atoms with Crippen LogP contribution in [0.3, 0.4) is 0 Å². The molecule has 0 unspecified atom stereocenters. The lowest BCUT2D eigenvalue weighted by atomic mass is 10.2. The summed E-state index contributed by atoms with van der Waals surface area (Å²) in [7, 11) is 0. The smallest absolute Gasteiger partial charge is 0.339 e. The molecule has 2 heterocycles. The van der Waals surface area contributed by atoms with Gasteiger partial charge < -0.3 is 19.4 Å². The molecule has 28 heavy (non-hydrogen) atoms. The van der Waals surface area contributed by atoms with Gasteiger partial charge in [0.05, 0.1) is 17.7 Å². The first-order valence-electron chi connectivity index (χ1n) is 8.60. The second-order valence-electron chi connectivity index (χ2n) is 5.99. The second kappa shape index (κ2) is 9.19. The molecular formula is C19H21N3O5S. The summed E-state index contributed by atoms with van der Waals surface area (Å²) in [6.07, 6.45) is -1.04. The Balaban J connectivity index is 2.01. The minimum atomic E-state index is -1.04. The zero-order chi connectivity index (χ0) is 20.8. The van der Waals surface area contributed by atoms with Gasteiger partial charge in [0.2, 0.25) is 0 Å². The summed E-state index contributed by atoms with van der Waals surface area (Å²) in [6.45, 7) is 6.76. The quantitative estimate of drug-likeness (QED) is 0.712. The van der Waals surface area contributed by atoms with Gasteiger partial charge in [0.25, 0.3) is 5.91 Å². The van der Waals surface area contributed by atoms with E-state index < -0.39 is 23.9 Å². The van der Waals surface area contributed by atoms with E-state index in [1.165, 1.54) is 18.3 Å². The number of hydrogen-bond acceptors (Lipinski definition) is 7. The lowest BCUT2D eigenvalue weighted by molar-refractivity contribution is -0.153. The predicted octanol–water partition coefficient (Wildman–Crippen LogP) is 2.79. The van der Waals surface area contributed by atoms with Crippen LogP contribution >= 0.6 is 11.3 Å². The number of thiophene rings is 1. The number of nitrogens with zero attached hydrogens (tertiary/aromatic N) is 2. The molecule has 1 atom stereocenters. The van der Waals surface area contributed by atoms with Crippen LogP contribution in [0.2, 0.25) is 0 Å². The number of rotatable bonds is 7. The van der Waals surface area contributed by atoms with Crippen molar-refractivity contribution in [2.45, 2.75) is 40.3 Å². The summed E-state index contributed by atoms with van der Waals surface area (Å²) in [4.78, 5) is 36.4. The highest BCUT2D eigenvalue weighted by Gasteiger charge is 2.22. The Hall–Kier alpha value is -3.12. The number of carbonyl (C=O) groups is 3. The molecule has 0 radical (unpaired) electrons. The highest BCUT2D eigenvalue weighted by molar-refractivity contribution is 7.14. The maximum Gasteiger partial charge on any atom is 0.339 e. The molecule has 2 aromatic rings. The number of hydrogen-bond donors (Lipinski definition) is 1. The number of ether oxygens (including phenoxy) is 2. The van der Waals surface area contributed by atoms with Crippen LogP contribution in [0.25, 0.3) is 0 Å². The normalized spacial score (nSPS) is 11.4. The topological polar surface area (TPSA) is 110 Å². The average molecular weight is 403 g/mol. The van der Waals surface area contributed by atoms with E-state index >= 15 is 0 Å². The standard InChI is InChI=1S/C19H21N3O5S/c1-5-26-19(25)15-8-11(2)22(12(15)3)10-16(23)27-13(4)17(24)21-18-14(9-20)6-7-28-18/h6-8,13H,5,10H2,1-4H3,(H,21,24)/t13-/m0/s1. The van der Waals surface area contributed by atoms with Crippen molar-refractivity contribution >= 4 is 34.2 Å². The van der Waals surface area contributed by atoms with Crippen LogP contribution < -0.4 is 5.32 Å². The molecule has 0 aromatic carbocycles. The minimum absolute atomic E-state index is 0.142. The van der Waals surface area contributed by atoms with E-state index in [0.717, 1.165) is 0 Å². The molecule has 0 aliphatic carbocycles. The number of esters is 2. The number of aromatic nitrogens is 1. The van der Waals surface area contributed by atoms with E-state index in [-0.39, 0.29) is 13.2 Å². The Labute approximate surface area is 166 Å². The molecule has 1 N–H and O–H groups in total. The molecule has 2 rings (SSSR count). The summed E-state index contributed by atoms with van der Waals surface area (Å²) in [6, 6.07) is 5.22. The molecule has 2 aromatic heterocycles. The molecule has 0 fully saturated rings. The number of anilines is 1. The number of nitriles is 1.